The normalized spacial score (nSPS) is 10.3. The lowest BCUT2D eigenvalue weighted by Gasteiger charge is -2.08. The average molecular weight is 326 g/mol. The largest absolute Gasteiger partial charge is 0.325 e. The zero-order valence-corrected chi connectivity index (χ0v) is 11.4. The molecule has 98 valence electrons. The first-order chi connectivity index (χ1) is 9.06. The number of hydrogen-bond donors (Lipinski definition) is 1. The Morgan fingerprint density at radius 2 is 1.89 bits per heavy atom. The Bertz CT molecular complexity index is 616. The lowest BCUT2D eigenvalue weighted by Crippen LogP contribution is -2.15. The number of carbonyl (C=O) groups excluding carboxylic acids is 1. The van der Waals surface area contributed by atoms with Crippen LogP contribution in [0.25, 0.3) is 0 Å². The molecule has 0 heterocycles. The third-order valence-electron chi connectivity index (χ3n) is 2.51. The van der Waals surface area contributed by atoms with Gasteiger partial charge < -0.3 is 5.32 Å². The summed E-state index contributed by atoms with van der Waals surface area (Å²) >= 11 is 3.20. The van der Waals surface area contributed by atoms with E-state index in [0.717, 1.165) is 0 Å². The van der Waals surface area contributed by atoms with Crippen molar-refractivity contribution in [1.29, 1.82) is 0 Å². The van der Waals surface area contributed by atoms with Crippen molar-refractivity contribution in [2.75, 3.05) is 5.32 Å². The molecule has 19 heavy (non-hydrogen) atoms. The average Bonchev–Trinajstić information content (AvgIpc) is 2.37. The number of halogens is 3. The highest BCUT2D eigenvalue weighted by molar-refractivity contribution is 9.10. The highest BCUT2D eigenvalue weighted by Gasteiger charge is 2.10. The monoisotopic (exact) mass is 325 g/mol. The summed E-state index contributed by atoms with van der Waals surface area (Å²) in [6.45, 7) is 0. The first kappa shape index (κ1) is 13.7. The Hall–Kier alpha value is -1.75. The molecule has 2 aromatic carbocycles. The first-order valence-corrected chi connectivity index (χ1v) is 6.34. The molecule has 0 aliphatic carbocycles. The zero-order valence-electron chi connectivity index (χ0n) is 9.79. The van der Waals surface area contributed by atoms with Gasteiger partial charge in [0.1, 0.15) is 11.6 Å². The molecule has 0 radical (unpaired) electrons. The number of carbonyl (C=O) groups is 1. The fourth-order valence-corrected chi connectivity index (χ4v) is 1.95. The Labute approximate surface area is 117 Å². The molecule has 0 aliphatic heterocycles. The van der Waals surface area contributed by atoms with Gasteiger partial charge in [-0.3, -0.25) is 4.79 Å². The molecular weight excluding hydrogens is 316 g/mol. The van der Waals surface area contributed by atoms with Crippen LogP contribution in [-0.2, 0) is 11.2 Å². The Balaban J connectivity index is 2.10. The van der Waals surface area contributed by atoms with Crippen molar-refractivity contribution in [3.8, 4) is 0 Å². The minimum atomic E-state index is -0.454. The summed E-state index contributed by atoms with van der Waals surface area (Å²) in [5.74, 6) is -1.29. The van der Waals surface area contributed by atoms with Crippen molar-refractivity contribution in [1.82, 2.24) is 0 Å². The van der Waals surface area contributed by atoms with Crippen LogP contribution in [0.2, 0.25) is 0 Å². The van der Waals surface area contributed by atoms with Crippen molar-refractivity contribution < 1.29 is 13.6 Å². The summed E-state index contributed by atoms with van der Waals surface area (Å²) in [5, 5.41) is 2.53. The van der Waals surface area contributed by atoms with Crippen LogP contribution in [-0.4, -0.2) is 5.91 Å². The van der Waals surface area contributed by atoms with Crippen LogP contribution in [0.15, 0.2) is 46.9 Å². The fourth-order valence-electron chi connectivity index (χ4n) is 1.60. The smallest absolute Gasteiger partial charge is 0.228 e. The highest BCUT2D eigenvalue weighted by Crippen LogP contribution is 2.23. The molecule has 0 aliphatic rings. The lowest BCUT2D eigenvalue weighted by molar-refractivity contribution is -0.115. The predicted molar refractivity (Wildman–Crippen MR) is 72.8 cm³/mol. The van der Waals surface area contributed by atoms with Crippen LogP contribution >= 0.6 is 15.9 Å². The molecule has 2 nitrogen and oxygen atoms in total. The third-order valence-corrected chi connectivity index (χ3v) is 3.20. The van der Waals surface area contributed by atoms with Crippen LogP contribution in [0.5, 0.6) is 0 Å². The molecule has 0 spiro atoms. The van der Waals surface area contributed by atoms with Crippen LogP contribution < -0.4 is 5.32 Å². The van der Waals surface area contributed by atoms with E-state index in [1.165, 1.54) is 30.3 Å². The molecule has 0 atom stereocenters. The SMILES string of the molecule is O=C(Cc1ccccc1F)Nc1cc(F)ccc1Br. The number of amides is 1. The van der Waals surface area contributed by atoms with E-state index in [1.807, 2.05) is 0 Å². The van der Waals surface area contributed by atoms with Gasteiger partial charge in [0, 0.05) is 4.47 Å². The van der Waals surface area contributed by atoms with Crippen molar-refractivity contribution in [2.24, 2.45) is 0 Å². The summed E-state index contributed by atoms with van der Waals surface area (Å²) in [5.41, 5.74) is 0.619. The maximum Gasteiger partial charge on any atom is 0.228 e. The number of hydrogen-bond acceptors (Lipinski definition) is 1. The Kier molecular flexibility index (Phi) is 4.27. The predicted octanol–water partition coefficient (Wildman–Crippen LogP) is 3.91. The van der Waals surface area contributed by atoms with E-state index >= 15 is 0 Å². The van der Waals surface area contributed by atoms with Gasteiger partial charge in [-0.2, -0.15) is 0 Å². The van der Waals surface area contributed by atoms with Crippen molar-refractivity contribution >= 4 is 27.5 Å². The number of rotatable bonds is 3. The van der Waals surface area contributed by atoms with E-state index in [1.54, 1.807) is 12.1 Å². The van der Waals surface area contributed by atoms with Crippen LogP contribution in [0, 0.1) is 11.6 Å². The molecule has 0 aromatic heterocycles. The van der Waals surface area contributed by atoms with Crippen molar-refractivity contribution in [3.63, 3.8) is 0 Å². The van der Waals surface area contributed by atoms with Crippen LogP contribution in [0.1, 0.15) is 5.56 Å². The van der Waals surface area contributed by atoms with Crippen molar-refractivity contribution in [2.45, 2.75) is 6.42 Å². The van der Waals surface area contributed by atoms with Gasteiger partial charge >= 0.3 is 0 Å². The van der Waals surface area contributed by atoms with E-state index < -0.39 is 17.5 Å². The molecule has 0 fully saturated rings. The zero-order chi connectivity index (χ0) is 13.8. The summed E-state index contributed by atoms with van der Waals surface area (Å²) in [7, 11) is 0. The van der Waals surface area contributed by atoms with Gasteiger partial charge in [0.05, 0.1) is 12.1 Å². The summed E-state index contributed by atoms with van der Waals surface area (Å²) in [6, 6.07) is 10.0. The molecule has 0 bridgehead atoms. The number of nitrogens with one attached hydrogen (secondary N) is 1. The molecular formula is C14H10BrF2NO. The van der Waals surface area contributed by atoms with Gasteiger partial charge in [-0.1, -0.05) is 18.2 Å². The summed E-state index contributed by atoms with van der Waals surface area (Å²) < 4.78 is 27.0. The van der Waals surface area contributed by atoms with Gasteiger partial charge in [-0.15, -0.1) is 0 Å². The van der Waals surface area contributed by atoms with Gasteiger partial charge in [0.25, 0.3) is 0 Å². The summed E-state index contributed by atoms with van der Waals surface area (Å²) in [4.78, 5) is 11.8. The molecule has 0 saturated carbocycles. The lowest BCUT2D eigenvalue weighted by atomic mass is 10.1. The van der Waals surface area contributed by atoms with E-state index in [-0.39, 0.29) is 6.42 Å². The number of anilines is 1. The molecule has 1 amide bonds. The minimum Gasteiger partial charge on any atom is -0.325 e. The van der Waals surface area contributed by atoms with Crippen molar-refractivity contribution in [3.05, 3.63) is 64.1 Å². The quantitative estimate of drug-likeness (QED) is 0.910. The standard InChI is InChI=1S/C14H10BrF2NO/c15-11-6-5-10(16)8-13(11)18-14(19)7-9-3-1-2-4-12(9)17/h1-6,8H,7H2,(H,18,19). The van der Waals surface area contributed by atoms with Gasteiger partial charge in [0.2, 0.25) is 5.91 Å². The van der Waals surface area contributed by atoms with Crippen LogP contribution in [0.4, 0.5) is 14.5 Å². The van der Waals surface area contributed by atoms with E-state index in [2.05, 4.69) is 21.2 Å². The second-order valence-electron chi connectivity index (χ2n) is 3.94. The maximum absolute atomic E-state index is 13.4. The molecule has 2 rings (SSSR count). The fraction of sp³-hybridized carbons (Fsp3) is 0.0714. The van der Waals surface area contributed by atoms with Gasteiger partial charge in [-0.05, 0) is 45.8 Å². The Morgan fingerprint density at radius 3 is 2.63 bits per heavy atom. The first-order valence-electron chi connectivity index (χ1n) is 5.54. The second-order valence-corrected chi connectivity index (χ2v) is 4.79. The van der Waals surface area contributed by atoms with E-state index in [0.29, 0.717) is 15.7 Å². The second kappa shape index (κ2) is 5.93. The van der Waals surface area contributed by atoms with Gasteiger partial charge in [-0.25, -0.2) is 8.78 Å². The topological polar surface area (TPSA) is 29.1 Å². The molecule has 1 N–H and O–H groups in total. The molecule has 5 heteroatoms. The Morgan fingerprint density at radius 1 is 1.16 bits per heavy atom. The minimum absolute atomic E-state index is 0.102. The molecule has 0 unspecified atom stereocenters. The third kappa shape index (κ3) is 3.61. The number of benzene rings is 2. The van der Waals surface area contributed by atoms with Gasteiger partial charge in [0.15, 0.2) is 0 Å². The van der Waals surface area contributed by atoms with Crippen LogP contribution in [0.3, 0.4) is 0 Å². The highest BCUT2D eigenvalue weighted by atomic mass is 79.9. The molecule has 0 saturated heterocycles. The molecule has 2 aromatic rings. The maximum atomic E-state index is 13.4. The van der Waals surface area contributed by atoms with E-state index in [4.69, 9.17) is 0 Å². The van der Waals surface area contributed by atoms with E-state index in [9.17, 15) is 13.6 Å². The summed E-state index contributed by atoms with van der Waals surface area (Å²) in [6.07, 6.45) is -0.102.